The fraction of sp³-hybridized carbons (Fsp3) is 0.0714. The maximum Gasteiger partial charge on any atom is 0.240 e. The van der Waals surface area contributed by atoms with E-state index >= 15 is 0 Å². The average molecular weight is 308 g/mol. The van der Waals surface area contributed by atoms with Crippen molar-refractivity contribution in [1.82, 2.24) is 4.72 Å². The summed E-state index contributed by atoms with van der Waals surface area (Å²) in [7, 11) is -3.94. The van der Waals surface area contributed by atoms with Crippen LogP contribution in [0.5, 0.6) is 0 Å². The predicted octanol–water partition coefficient (Wildman–Crippen LogP) is 2.31. The molecule has 0 spiro atoms. The molecule has 0 saturated carbocycles. The SMILES string of the molecule is N#Cc1ccc(CNS(=O)(=O)c2ccc(F)c(F)c2)cc1. The minimum atomic E-state index is -3.94. The van der Waals surface area contributed by atoms with Crippen molar-refractivity contribution in [3.63, 3.8) is 0 Å². The van der Waals surface area contributed by atoms with Crippen molar-refractivity contribution in [3.05, 3.63) is 65.2 Å². The Kier molecular flexibility index (Phi) is 4.31. The van der Waals surface area contributed by atoms with Crippen molar-refractivity contribution < 1.29 is 17.2 Å². The summed E-state index contributed by atoms with van der Waals surface area (Å²) >= 11 is 0. The molecule has 0 aliphatic carbocycles. The van der Waals surface area contributed by atoms with Gasteiger partial charge >= 0.3 is 0 Å². The third kappa shape index (κ3) is 3.62. The van der Waals surface area contributed by atoms with Crippen molar-refractivity contribution in [1.29, 1.82) is 5.26 Å². The monoisotopic (exact) mass is 308 g/mol. The van der Waals surface area contributed by atoms with E-state index in [9.17, 15) is 17.2 Å². The van der Waals surface area contributed by atoms with Gasteiger partial charge in [-0.05, 0) is 35.9 Å². The summed E-state index contributed by atoms with van der Waals surface area (Å²) in [4.78, 5) is -0.352. The van der Waals surface area contributed by atoms with Gasteiger partial charge in [-0.2, -0.15) is 5.26 Å². The number of benzene rings is 2. The zero-order valence-electron chi connectivity index (χ0n) is 10.7. The van der Waals surface area contributed by atoms with Gasteiger partial charge in [-0.3, -0.25) is 0 Å². The summed E-state index contributed by atoms with van der Waals surface area (Å²) in [6.07, 6.45) is 0. The summed E-state index contributed by atoms with van der Waals surface area (Å²) in [5.74, 6) is -2.34. The van der Waals surface area contributed by atoms with Crippen molar-refractivity contribution in [2.24, 2.45) is 0 Å². The van der Waals surface area contributed by atoms with E-state index in [1.807, 2.05) is 6.07 Å². The molecule has 0 heterocycles. The average Bonchev–Trinajstić information content (AvgIpc) is 2.48. The van der Waals surface area contributed by atoms with Crippen molar-refractivity contribution >= 4 is 10.0 Å². The van der Waals surface area contributed by atoms with Crippen LogP contribution in [0.4, 0.5) is 8.78 Å². The molecular weight excluding hydrogens is 298 g/mol. The highest BCUT2D eigenvalue weighted by molar-refractivity contribution is 7.89. The molecule has 21 heavy (non-hydrogen) atoms. The standard InChI is InChI=1S/C14H10F2N2O2S/c15-13-6-5-12(7-14(13)16)21(19,20)18-9-11-3-1-10(8-17)2-4-11/h1-7,18H,9H2. The first-order chi connectivity index (χ1) is 9.92. The molecule has 0 aliphatic heterocycles. The fourth-order valence-electron chi connectivity index (χ4n) is 1.60. The highest BCUT2D eigenvalue weighted by Crippen LogP contribution is 2.14. The minimum absolute atomic E-state index is 0.0208. The maximum atomic E-state index is 13.1. The highest BCUT2D eigenvalue weighted by Gasteiger charge is 2.16. The third-order valence-corrected chi connectivity index (χ3v) is 4.15. The maximum absolute atomic E-state index is 13.1. The summed E-state index contributed by atoms with van der Waals surface area (Å²) in [6.45, 7) is -0.0208. The van der Waals surface area contributed by atoms with Crippen LogP contribution in [-0.2, 0) is 16.6 Å². The van der Waals surface area contributed by atoms with E-state index < -0.39 is 21.7 Å². The molecule has 2 aromatic rings. The van der Waals surface area contributed by atoms with Gasteiger partial charge in [0.25, 0.3) is 0 Å². The lowest BCUT2D eigenvalue weighted by Crippen LogP contribution is -2.23. The Hall–Kier alpha value is -2.30. The topological polar surface area (TPSA) is 70.0 Å². The van der Waals surface area contributed by atoms with E-state index in [0.717, 1.165) is 12.1 Å². The zero-order valence-corrected chi connectivity index (χ0v) is 11.5. The Bertz CT molecular complexity index is 797. The number of nitriles is 1. The van der Waals surface area contributed by atoms with Gasteiger partial charge in [-0.15, -0.1) is 0 Å². The Morgan fingerprint density at radius 3 is 2.29 bits per heavy atom. The number of nitrogens with one attached hydrogen (secondary N) is 1. The Morgan fingerprint density at radius 2 is 1.71 bits per heavy atom. The molecule has 2 aromatic carbocycles. The van der Waals surface area contributed by atoms with Crippen LogP contribution >= 0.6 is 0 Å². The molecule has 0 amide bonds. The second-order valence-electron chi connectivity index (χ2n) is 4.21. The normalized spacial score (nSPS) is 11.1. The predicted molar refractivity (Wildman–Crippen MR) is 71.5 cm³/mol. The summed E-state index contributed by atoms with van der Waals surface area (Å²) in [6, 6.07) is 10.6. The third-order valence-electron chi connectivity index (χ3n) is 2.75. The number of sulfonamides is 1. The molecule has 1 N–H and O–H groups in total. The second kappa shape index (κ2) is 5.99. The molecule has 0 fully saturated rings. The number of rotatable bonds is 4. The molecule has 0 unspecified atom stereocenters. The van der Waals surface area contributed by atoms with Crippen molar-refractivity contribution in [3.8, 4) is 6.07 Å². The summed E-state index contributed by atoms with van der Waals surface area (Å²) in [5.41, 5.74) is 1.10. The zero-order chi connectivity index (χ0) is 15.5. The van der Waals surface area contributed by atoms with Crippen molar-refractivity contribution in [2.45, 2.75) is 11.4 Å². The van der Waals surface area contributed by atoms with Crippen LogP contribution in [0.25, 0.3) is 0 Å². The lowest BCUT2D eigenvalue weighted by molar-refractivity contribution is 0.504. The van der Waals surface area contributed by atoms with Gasteiger partial charge in [0.2, 0.25) is 10.0 Å². The summed E-state index contributed by atoms with van der Waals surface area (Å²) in [5, 5.41) is 8.66. The summed E-state index contributed by atoms with van der Waals surface area (Å²) < 4.78 is 52.0. The molecule has 0 aromatic heterocycles. The van der Waals surface area contributed by atoms with Gasteiger partial charge in [0.1, 0.15) is 0 Å². The van der Waals surface area contributed by atoms with E-state index in [4.69, 9.17) is 5.26 Å². The lowest BCUT2D eigenvalue weighted by Gasteiger charge is -2.07. The number of hydrogen-bond donors (Lipinski definition) is 1. The van der Waals surface area contributed by atoms with E-state index in [2.05, 4.69) is 4.72 Å². The molecule has 0 saturated heterocycles. The van der Waals surface area contributed by atoms with Crippen LogP contribution in [0.2, 0.25) is 0 Å². The van der Waals surface area contributed by atoms with Gasteiger partial charge in [0.15, 0.2) is 11.6 Å². The molecule has 4 nitrogen and oxygen atoms in total. The second-order valence-corrected chi connectivity index (χ2v) is 5.98. The van der Waals surface area contributed by atoms with Crippen LogP contribution in [0.3, 0.4) is 0 Å². The van der Waals surface area contributed by atoms with Crippen LogP contribution < -0.4 is 4.72 Å². The van der Waals surface area contributed by atoms with Gasteiger partial charge in [-0.1, -0.05) is 12.1 Å². The van der Waals surface area contributed by atoms with Crippen molar-refractivity contribution in [2.75, 3.05) is 0 Å². The quantitative estimate of drug-likeness (QED) is 0.942. The van der Waals surface area contributed by atoms with E-state index in [1.165, 1.54) is 0 Å². The number of nitrogens with zero attached hydrogens (tertiary/aromatic N) is 1. The molecule has 108 valence electrons. The fourth-order valence-corrected chi connectivity index (χ4v) is 2.63. The van der Waals surface area contributed by atoms with Crippen LogP contribution in [0, 0.1) is 23.0 Å². The lowest BCUT2D eigenvalue weighted by atomic mass is 10.1. The molecule has 2 rings (SSSR count). The van der Waals surface area contributed by atoms with E-state index in [0.29, 0.717) is 17.2 Å². The number of hydrogen-bond acceptors (Lipinski definition) is 3. The van der Waals surface area contributed by atoms with Crippen LogP contribution in [-0.4, -0.2) is 8.42 Å². The Labute approximate surface area is 120 Å². The highest BCUT2D eigenvalue weighted by atomic mass is 32.2. The van der Waals surface area contributed by atoms with E-state index in [-0.39, 0.29) is 11.4 Å². The largest absolute Gasteiger partial charge is 0.240 e. The van der Waals surface area contributed by atoms with Gasteiger partial charge in [0.05, 0.1) is 16.5 Å². The van der Waals surface area contributed by atoms with Gasteiger partial charge < -0.3 is 0 Å². The molecule has 0 radical (unpaired) electrons. The first-order valence-electron chi connectivity index (χ1n) is 5.86. The number of halogens is 2. The molecular formula is C14H10F2N2O2S. The van der Waals surface area contributed by atoms with E-state index in [1.54, 1.807) is 24.3 Å². The molecule has 0 aliphatic rings. The Balaban J connectivity index is 2.13. The Morgan fingerprint density at radius 1 is 1.05 bits per heavy atom. The molecule has 0 bridgehead atoms. The van der Waals surface area contributed by atoms with Gasteiger partial charge in [-0.25, -0.2) is 21.9 Å². The van der Waals surface area contributed by atoms with Crippen LogP contribution in [0.15, 0.2) is 47.4 Å². The smallest absolute Gasteiger partial charge is 0.207 e. The molecule has 7 heteroatoms. The molecule has 0 atom stereocenters. The first kappa shape index (κ1) is 15.1. The first-order valence-corrected chi connectivity index (χ1v) is 7.34. The van der Waals surface area contributed by atoms with Crippen LogP contribution in [0.1, 0.15) is 11.1 Å². The minimum Gasteiger partial charge on any atom is -0.207 e. The van der Waals surface area contributed by atoms with Gasteiger partial charge in [0, 0.05) is 6.54 Å².